The van der Waals surface area contributed by atoms with Crippen molar-refractivity contribution in [2.45, 2.75) is 58.3 Å². The molecule has 0 saturated carbocycles. The van der Waals surface area contributed by atoms with E-state index in [9.17, 15) is 20.1 Å². The molecular weight excluding hydrogens is 314 g/mol. The molecule has 1 aliphatic rings. The SMILES string of the molecule is CC(=O)/C=C(/C)N[C@@H]1[C@@H](O)[C@H](O)[C@@H](CO)O[C@H]1n1nc(C)cc1C. The molecule has 1 aromatic heterocycles. The van der Waals surface area contributed by atoms with Crippen LogP contribution < -0.4 is 5.32 Å². The number of rotatable bonds is 5. The van der Waals surface area contributed by atoms with Gasteiger partial charge in [-0.05, 0) is 39.8 Å². The number of aliphatic hydroxyl groups is 3. The number of ketones is 1. The zero-order valence-corrected chi connectivity index (χ0v) is 14.3. The van der Waals surface area contributed by atoms with Crippen molar-refractivity contribution in [2.75, 3.05) is 6.61 Å². The van der Waals surface area contributed by atoms with Gasteiger partial charge in [0.15, 0.2) is 12.0 Å². The van der Waals surface area contributed by atoms with E-state index in [2.05, 4.69) is 10.4 Å². The first-order valence-electron chi connectivity index (χ1n) is 7.85. The monoisotopic (exact) mass is 339 g/mol. The Morgan fingerprint density at radius 3 is 2.54 bits per heavy atom. The maximum atomic E-state index is 11.2. The lowest BCUT2D eigenvalue weighted by molar-refractivity contribution is -0.218. The van der Waals surface area contributed by atoms with E-state index in [-0.39, 0.29) is 5.78 Å². The number of carbonyl (C=O) groups is 1. The Kier molecular flexibility index (Phi) is 5.76. The minimum absolute atomic E-state index is 0.136. The third-order valence-corrected chi connectivity index (χ3v) is 4.00. The van der Waals surface area contributed by atoms with E-state index in [4.69, 9.17) is 4.74 Å². The van der Waals surface area contributed by atoms with Crippen molar-refractivity contribution >= 4 is 5.78 Å². The minimum Gasteiger partial charge on any atom is -0.394 e. The summed E-state index contributed by atoms with van der Waals surface area (Å²) in [7, 11) is 0. The number of nitrogens with one attached hydrogen (secondary N) is 1. The lowest BCUT2D eigenvalue weighted by Gasteiger charge is -2.43. The van der Waals surface area contributed by atoms with Gasteiger partial charge in [-0.2, -0.15) is 5.10 Å². The van der Waals surface area contributed by atoms with Crippen molar-refractivity contribution < 1.29 is 24.9 Å². The molecular formula is C16H25N3O5. The summed E-state index contributed by atoms with van der Waals surface area (Å²) in [6.07, 6.45) is -2.74. The molecule has 2 rings (SSSR count). The summed E-state index contributed by atoms with van der Waals surface area (Å²) in [6.45, 7) is 6.38. The molecule has 5 atom stereocenters. The molecule has 0 aromatic carbocycles. The van der Waals surface area contributed by atoms with Gasteiger partial charge in [0, 0.05) is 11.4 Å². The first-order chi connectivity index (χ1) is 11.2. The molecule has 0 amide bonds. The highest BCUT2D eigenvalue weighted by Gasteiger charge is 2.45. The average molecular weight is 339 g/mol. The summed E-state index contributed by atoms with van der Waals surface area (Å²) >= 11 is 0. The van der Waals surface area contributed by atoms with Gasteiger partial charge in [-0.1, -0.05) is 0 Å². The maximum Gasteiger partial charge on any atom is 0.173 e. The van der Waals surface area contributed by atoms with Crippen LogP contribution in [-0.2, 0) is 9.53 Å². The lowest BCUT2D eigenvalue weighted by Crippen LogP contribution is -2.61. The summed E-state index contributed by atoms with van der Waals surface area (Å²) in [5.41, 5.74) is 2.14. The van der Waals surface area contributed by atoms with E-state index < -0.39 is 37.2 Å². The third kappa shape index (κ3) is 3.84. The molecule has 8 heteroatoms. The van der Waals surface area contributed by atoms with Gasteiger partial charge in [0.1, 0.15) is 24.4 Å². The molecule has 1 aliphatic heterocycles. The van der Waals surface area contributed by atoms with Crippen LogP contribution in [0.5, 0.6) is 0 Å². The molecule has 134 valence electrons. The van der Waals surface area contributed by atoms with E-state index in [1.165, 1.54) is 13.0 Å². The standard InChI is InChI=1S/C16H25N3O5/c1-8(6-11(4)21)17-13-15(23)14(22)12(7-20)24-16(13)19-10(3)5-9(2)18-19/h5-6,12-17,20,22-23H,7H2,1-4H3/b8-6-/t12-,13-,14-,15-,16-/m1/s1. The Morgan fingerprint density at radius 1 is 1.38 bits per heavy atom. The third-order valence-electron chi connectivity index (χ3n) is 4.00. The molecule has 2 heterocycles. The summed E-state index contributed by atoms with van der Waals surface area (Å²) in [4.78, 5) is 11.2. The fourth-order valence-corrected chi connectivity index (χ4v) is 2.98. The first kappa shape index (κ1) is 18.6. The number of nitrogens with zero attached hydrogens (tertiary/aromatic N) is 2. The number of aryl methyl sites for hydroxylation is 2. The average Bonchev–Trinajstić information content (AvgIpc) is 2.82. The van der Waals surface area contributed by atoms with Crippen molar-refractivity contribution in [3.63, 3.8) is 0 Å². The highest BCUT2D eigenvalue weighted by atomic mass is 16.5. The fourth-order valence-electron chi connectivity index (χ4n) is 2.98. The molecule has 8 nitrogen and oxygen atoms in total. The molecule has 1 fully saturated rings. The Morgan fingerprint density at radius 2 is 2.04 bits per heavy atom. The van der Waals surface area contributed by atoms with Crippen LogP contribution in [0.1, 0.15) is 31.5 Å². The minimum atomic E-state index is -1.26. The fraction of sp³-hybridized carbons (Fsp3) is 0.625. The first-order valence-corrected chi connectivity index (χ1v) is 7.85. The van der Waals surface area contributed by atoms with Gasteiger partial charge < -0.3 is 25.4 Å². The molecule has 0 radical (unpaired) electrons. The van der Waals surface area contributed by atoms with Crippen molar-refractivity contribution in [1.29, 1.82) is 0 Å². The Bertz CT molecular complexity index is 627. The molecule has 24 heavy (non-hydrogen) atoms. The molecule has 0 aliphatic carbocycles. The molecule has 0 bridgehead atoms. The summed E-state index contributed by atoms with van der Waals surface area (Å²) in [6, 6.07) is 1.13. The maximum absolute atomic E-state index is 11.2. The second-order valence-electron chi connectivity index (χ2n) is 6.21. The van der Waals surface area contributed by atoms with Gasteiger partial charge in [-0.15, -0.1) is 0 Å². The summed E-state index contributed by atoms with van der Waals surface area (Å²) in [5.74, 6) is -0.136. The van der Waals surface area contributed by atoms with Gasteiger partial charge >= 0.3 is 0 Å². The zero-order valence-electron chi connectivity index (χ0n) is 14.3. The molecule has 1 aromatic rings. The number of hydrogen-bond acceptors (Lipinski definition) is 7. The van der Waals surface area contributed by atoms with Crippen LogP contribution in [0.25, 0.3) is 0 Å². The Labute approximate surface area is 140 Å². The van der Waals surface area contributed by atoms with Crippen molar-refractivity contribution in [1.82, 2.24) is 15.1 Å². The normalized spacial score (nSPS) is 31.1. The van der Waals surface area contributed by atoms with Crippen molar-refractivity contribution in [3.05, 3.63) is 29.2 Å². The second kappa shape index (κ2) is 7.43. The van der Waals surface area contributed by atoms with E-state index in [1.807, 2.05) is 19.9 Å². The second-order valence-corrected chi connectivity index (χ2v) is 6.21. The van der Waals surface area contributed by atoms with E-state index in [0.717, 1.165) is 11.4 Å². The number of aliphatic hydroxyl groups excluding tert-OH is 3. The summed E-state index contributed by atoms with van der Waals surface area (Å²) < 4.78 is 7.39. The summed E-state index contributed by atoms with van der Waals surface area (Å²) in [5, 5.41) is 37.4. The van der Waals surface area contributed by atoms with Crippen LogP contribution >= 0.6 is 0 Å². The van der Waals surface area contributed by atoms with Crippen LogP contribution in [0.4, 0.5) is 0 Å². The molecule has 4 N–H and O–H groups in total. The van der Waals surface area contributed by atoms with Crippen LogP contribution in [0, 0.1) is 13.8 Å². The van der Waals surface area contributed by atoms with Crippen LogP contribution in [0.3, 0.4) is 0 Å². The van der Waals surface area contributed by atoms with E-state index in [0.29, 0.717) is 5.70 Å². The molecule has 0 spiro atoms. The lowest BCUT2D eigenvalue weighted by atomic mass is 9.95. The van der Waals surface area contributed by atoms with Crippen molar-refractivity contribution in [2.24, 2.45) is 0 Å². The smallest absolute Gasteiger partial charge is 0.173 e. The van der Waals surface area contributed by atoms with Gasteiger partial charge in [0.05, 0.1) is 12.3 Å². The highest BCUT2D eigenvalue weighted by Crippen LogP contribution is 2.29. The van der Waals surface area contributed by atoms with Gasteiger partial charge in [0.25, 0.3) is 0 Å². The number of hydrogen-bond donors (Lipinski definition) is 4. The van der Waals surface area contributed by atoms with Gasteiger partial charge in [0.2, 0.25) is 0 Å². The number of aromatic nitrogens is 2. The highest BCUT2D eigenvalue weighted by molar-refractivity contribution is 5.87. The number of allylic oxidation sites excluding steroid dienone is 2. The predicted molar refractivity (Wildman–Crippen MR) is 86.1 cm³/mol. The topological polar surface area (TPSA) is 117 Å². The van der Waals surface area contributed by atoms with E-state index >= 15 is 0 Å². The number of carbonyl (C=O) groups excluding carboxylic acids is 1. The Balaban J connectivity index is 2.37. The largest absolute Gasteiger partial charge is 0.394 e. The Hall–Kier alpha value is -1.74. The van der Waals surface area contributed by atoms with E-state index in [1.54, 1.807) is 11.6 Å². The van der Waals surface area contributed by atoms with Crippen LogP contribution in [-0.4, -0.2) is 61.8 Å². The van der Waals surface area contributed by atoms with Crippen LogP contribution in [0.15, 0.2) is 17.8 Å². The van der Waals surface area contributed by atoms with Gasteiger partial charge in [-0.3, -0.25) is 4.79 Å². The molecule has 0 unspecified atom stereocenters. The zero-order chi connectivity index (χ0) is 18.0. The molecule has 1 saturated heterocycles. The predicted octanol–water partition coefficient (Wildman–Crippen LogP) is -0.438. The van der Waals surface area contributed by atoms with Crippen molar-refractivity contribution in [3.8, 4) is 0 Å². The number of ether oxygens (including phenoxy) is 1. The van der Waals surface area contributed by atoms with Gasteiger partial charge in [-0.25, -0.2) is 4.68 Å². The quantitative estimate of drug-likeness (QED) is 0.537. The van der Waals surface area contributed by atoms with Crippen LogP contribution in [0.2, 0.25) is 0 Å².